The highest BCUT2D eigenvalue weighted by molar-refractivity contribution is 6.61. The first kappa shape index (κ1) is 29.9. The van der Waals surface area contributed by atoms with E-state index in [1.807, 2.05) is 0 Å². The summed E-state index contributed by atoms with van der Waals surface area (Å²) in [6.07, 6.45) is 0. The van der Waals surface area contributed by atoms with E-state index >= 15 is 0 Å². The van der Waals surface area contributed by atoms with Crippen molar-refractivity contribution in [1.82, 2.24) is 0 Å². The van der Waals surface area contributed by atoms with Crippen LogP contribution in [0.3, 0.4) is 0 Å². The second-order valence-corrected chi connectivity index (χ2v) is 19.9. The third-order valence-corrected chi connectivity index (χ3v) is 13.9. The molecular formula is C54H42. The first-order valence-corrected chi connectivity index (χ1v) is 20.0. The fourth-order valence-electron chi connectivity index (χ4n) is 12.0. The molecule has 0 aliphatic carbocycles. The lowest BCUT2D eigenvalue weighted by Crippen LogP contribution is -2.14. The molecule has 54 heavy (non-hydrogen) atoms. The van der Waals surface area contributed by atoms with Crippen LogP contribution in [-0.4, -0.2) is 0 Å². The van der Waals surface area contributed by atoms with Gasteiger partial charge in [0.25, 0.3) is 0 Å². The highest BCUT2D eigenvalue weighted by Crippen LogP contribution is 2.61. The standard InChI is InChI=1S/C54H42/c1-52(2,3)34-22-19-28-25-14-11-17-32-38(25)47-49-43(28)40(34)31-16-10-13-26-29-20-23-35(53(4,5)6)42-33-18-12-15-27-30-21-24-36(54(7,8)9)41(32)45(30)51(47)48(39(27)33)50(44(29)42)46(49)37(26)31/h10-24H,1-9H3. The summed E-state index contributed by atoms with van der Waals surface area (Å²) in [4.78, 5) is 0. The minimum atomic E-state index is -0.0248. The molecule has 0 unspecified atom stereocenters. The van der Waals surface area contributed by atoms with E-state index in [1.165, 1.54) is 146 Å². The van der Waals surface area contributed by atoms with E-state index in [-0.39, 0.29) is 16.2 Å². The molecule has 0 N–H and O–H groups in total. The molecule has 0 aliphatic heterocycles. The molecule has 0 saturated heterocycles. The maximum absolute atomic E-state index is 2.48. The topological polar surface area (TPSA) is 0 Å². The Kier molecular flexibility index (Phi) is 4.84. The van der Waals surface area contributed by atoms with Crippen molar-refractivity contribution in [2.75, 3.05) is 0 Å². The van der Waals surface area contributed by atoms with Crippen molar-refractivity contribution in [3.05, 3.63) is 108 Å². The van der Waals surface area contributed by atoms with Crippen molar-refractivity contribution in [3.63, 3.8) is 0 Å². The van der Waals surface area contributed by atoms with Gasteiger partial charge in [0.2, 0.25) is 0 Å². The van der Waals surface area contributed by atoms with Crippen LogP contribution in [0.25, 0.3) is 129 Å². The number of benzene rings is 13. The normalized spacial score (nSPS) is 14.4. The van der Waals surface area contributed by atoms with Crippen LogP contribution in [0.4, 0.5) is 0 Å². The zero-order valence-corrected chi connectivity index (χ0v) is 32.7. The van der Waals surface area contributed by atoms with E-state index in [9.17, 15) is 0 Å². The lowest BCUT2D eigenvalue weighted by atomic mass is 9.70. The SMILES string of the molecule is CC(C)(C)c1ccc2c3cccc4c5c(C(C)(C)C)ccc6c7cccc8c9c(C(C)(C)C)ccc%10c%11cccc%12c1c2c1c(c34)c(c65)c(c78)c(c%109)c1c%11%12. The van der Waals surface area contributed by atoms with Crippen molar-refractivity contribution in [2.24, 2.45) is 0 Å². The number of hydrogen-bond acceptors (Lipinski definition) is 0. The van der Waals surface area contributed by atoms with Gasteiger partial charge in [0.1, 0.15) is 0 Å². The van der Waals surface area contributed by atoms with Crippen molar-refractivity contribution < 1.29 is 0 Å². The first-order chi connectivity index (χ1) is 25.8. The van der Waals surface area contributed by atoms with Gasteiger partial charge in [-0.1, -0.05) is 153 Å². The van der Waals surface area contributed by atoms with Crippen LogP contribution in [-0.2, 0) is 16.2 Å². The summed E-state index contributed by atoms with van der Waals surface area (Å²) in [6, 6.07) is 36.4. The summed E-state index contributed by atoms with van der Waals surface area (Å²) in [7, 11) is 0. The van der Waals surface area contributed by atoms with Gasteiger partial charge in [0.15, 0.2) is 0 Å². The van der Waals surface area contributed by atoms with Gasteiger partial charge in [-0.2, -0.15) is 0 Å². The summed E-state index contributed by atoms with van der Waals surface area (Å²) >= 11 is 0. The lowest BCUT2D eigenvalue weighted by Gasteiger charge is -2.33. The van der Waals surface area contributed by atoms with Crippen LogP contribution in [0.2, 0.25) is 0 Å². The molecular weight excluding hydrogens is 649 g/mol. The highest BCUT2D eigenvalue weighted by atomic mass is 14.4. The molecule has 13 rings (SSSR count). The monoisotopic (exact) mass is 690 g/mol. The Morgan fingerprint density at radius 2 is 0.426 bits per heavy atom. The minimum Gasteiger partial charge on any atom is -0.0610 e. The molecule has 13 aromatic carbocycles. The fourth-order valence-corrected chi connectivity index (χ4v) is 12.0. The molecule has 0 amide bonds. The van der Waals surface area contributed by atoms with Gasteiger partial charge in [-0.3, -0.25) is 0 Å². The van der Waals surface area contributed by atoms with Gasteiger partial charge in [-0.05, 0) is 162 Å². The zero-order chi connectivity index (χ0) is 36.7. The van der Waals surface area contributed by atoms with Crippen molar-refractivity contribution in [3.8, 4) is 0 Å². The Morgan fingerprint density at radius 1 is 0.204 bits per heavy atom. The van der Waals surface area contributed by atoms with E-state index in [0.717, 1.165) is 0 Å². The number of rotatable bonds is 0. The van der Waals surface area contributed by atoms with Gasteiger partial charge >= 0.3 is 0 Å². The average molecular weight is 691 g/mol. The van der Waals surface area contributed by atoms with Crippen LogP contribution in [0.5, 0.6) is 0 Å². The van der Waals surface area contributed by atoms with E-state index < -0.39 is 0 Å². The minimum absolute atomic E-state index is 0.0248. The van der Waals surface area contributed by atoms with Crippen molar-refractivity contribution in [1.29, 1.82) is 0 Å². The predicted octanol–water partition coefficient (Wildman–Crippen LogP) is 16.0. The van der Waals surface area contributed by atoms with Crippen molar-refractivity contribution in [2.45, 2.75) is 78.6 Å². The molecule has 0 aliphatic rings. The molecule has 258 valence electrons. The molecule has 0 radical (unpaired) electrons. The molecule has 0 atom stereocenters. The molecule has 0 nitrogen and oxygen atoms in total. The van der Waals surface area contributed by atoms with Gasteiger partial charge < -0.3 is 0 Å². The Bertz CT molecular complexity index is 3310. The van der Waals surface area contributed by atoms with Crippen LogP contribution in [0.15, 0.2) is 91.0 Å². The third kappa shape index (κ3) is 3.06. The summed E-state index contributed by atoms with van der Waals surface area (Å²) in [5, 5.41) is 34.5. The lowest BCUT2D eigenvalue weighted by molar-refractivity contribution is 0.596. The summed E-state index contributed by atoms with van der Waals surface area (Å²) in [6.45, 7) is 21.6. The van der Waals surface area contributed by atoms with Crippen molar-refractivity contribution >= 4 is 129 Å². The van der Waals surface area contributed by atoms with E-state index in [2.05, 4.69) is 153 Å². The predicted molar refractivity (Wildman–Crippen MR) is 240 cm³/mol. The molecule has 0 saturated carbocycles. The van der Waals surface area contributed by atoms with Crippen LogP contribution < -0.4 is 0 Å². The zero-order valence-electron chi connectivity index (χ0n) is 32.7. The van der Waals surface area contributed by atoms with Gasteiger partial charge in [0, 0.05) is 0 Å². The Balaban J connectivity index is 1.55. The summed E-state index contributed by atoms with van der Waals surface area (Å²) in [5.74, 6) is 0. The molecule has 0 heteroatoms. The molecule has 13 aromatic rings. The Labute approximate surface area is 314 Å². The van der Waals surface area contributed by atoms with Crippen LogP contribution in [0, 0.1) is 0 Å². The second-order valence-electron chi connectivity index (χ2n) is 19.9. The van der Waals surface area contributed by atoms with Crippen LogP contribution >= 0.6 is 0 Å². The van der Waals surface area contributed by atoms with Gasteiger partial charge in [-0.25, -0.2) is 0 Å². The molecule has 0 fully saturated rings. The summed E-state index contributed by atoms with van der Waals surface area (Å²) < 4.78 is 0. The van der Waals surface area contributed by atoms with Crippen LogP contribution in [0.1, 0.15) is 79.0 Å². The molecule has 0 spiro atoms. The Hall–Kier alpha value is -5.46. The quantitative estimate of drug-likeness (QED) is 0.110. The fraction of sp³-hybridized carbons (Fsp3) is 0.222. The number of hydrogen-bond donors (Lipinski definition) is 0. The maximum atomic E-state index is 2.48. The molecule has 0 heterocycles. The first-order valence-electron chi connectivity index (χ1n) is 20.0. The molecule has 0 aromatic heterocycles. The highest BCUT2D eigenvalue weighted by Gasteiger charge is 2.35. The second kappa shape index (κ2) is 8.74. The van der Waals surface area contributed by atoms with Gasteiger partial charge in [0.05, 0.1) is 0 Å². The Morgan fingerprint density at radius 3 is 0.685 bits per heavy atom. The number of fused-ring (bicyclic) bond motifs is 6. The third-order valence-electron chi connectivity index (χ3n) is 13.9. The van der Waals surface area contributed by atoms with E-state index in [0.29, 0.717) is 0 Å². The average Bonchev–Trinajstić information content (AvgIpc) is 3.13. The van der Waals surface area contributed by atoms with E-state index in [4.69, 9.17) is 0 Å². The van der Waals surface area contributed by atoms with Gasteiger partial charge in [-0.15, -0.1) is 0 Å². The largest absolute Gasteiger partial charge is 0.0610 e. The van der Waals surface area contributed by atoms with E-state index in [1.54, 1.807) is 0 Å². The molecule has 0 bridgehead atoms. The maximum Gasteiger partial charge on any atom is -0.0000370 e. The summed E-state index contributed by atoms with van der Waals surface area (Å²) in [5.41, 5.74) is 4.24. The smallest absolute Gasteiger partial charge is 0.0000370 e.